The first-order valence-electron chi connectivity index (χ1n) is 16.6. The second-order valence-electron chi connectivity index (χ2n) is 11.6. The lowest BCUT2D eigenvalue weighted by molar-refractivity contribution is 0.522. The molecule has 0 amide bonds. The van der Waals surface area contributed by atoms with Gasteiger partial charge in [-0.15, -0.1) is 0 Å². The zero-order valence-electron chi connectivity index (χ0n) is 24.7. The molecule has 0 nitrogen and oxygen atoms in total. The Morgan fingerprint density at radius 2 is 0.441 bits per heavy atom. The second-order valence-corrected chi connectivity index (χ2v) is 11.6. The van der Waals surface area contributed by atoms with Crippen LogP contribution < -0.4 is 0 Å². The maximum Gasteiger partial charge on any atom is -0.0272 e. The van der Waals surface area contributed by atoms with Gasteiger partial charge in [-0.25, -0.2) is 0 Å². The smallest absolute Gasteiger partial charge is 0.0272 e. The highest BCUT2D eigenvalue weighted by Crippen LogP contribution is 2.21. The van der Waals surface area contributed by atoms with E-state index in [-0.39, 0.29) is 0 Å². The van der Waals surface area contributed by atoms with Gasteiger partial charge in [-0.3, -0.25) is 0 Å². The molecule has 0 aliphatic heterocycles. The zero-order chi connectivity index (χ0) is 24.8. The maximum atomic E-state index is 2.42. The van der Waals surface area contributed by atoms with Crippen LogP contribution in [0.1, 0.15) is 213 Å². The minimum atomic E-state index is 1.37. The van der Waals surface area contributed by atoms with Crippen LogP contribution in [0.5, 0.6) is 0 Å². The zero-order valence-corrected chi connectivity index (χ0v) is 24.7. The molecule has 0 spiro atoms. The third-order valence-corrected chi connectivity index (χ3v) is 7.91. The van der Waals surface area contributed by atoms with E-state index in [0.717, 1.165) is 0 Å². The van der Waals surface area contributed by atoms with Gasteiger partial charge in [0.1, 0.15) is 0 Å². The predicted molar refractivity (Wildman–Crippen MR) is 159 cm³/mol. The van der Waals surface area contributed by atoms with Crippen molar-refractivity contribution in [3.63, 3.8) is 0 Å². The van der Waals surface area contributed by atoms with Crippen LogP contribution in [0, 0.1) is 5.92 Å². The molecular formula is C34H69. The molecule has 0 aliphatic rings. The van der Waals surface area contributed by atoms with Crippen molar-refractivity contribution < 1.29 is 0 Å². The summed E-state index contributed by atoms with van der Waals surface area (Å²) < 4.78 is 0. The first-order chi connectivity index (χ1) is 16.8. The van der Waals surface area contributed by atoms with Crippen molar-refractivity contribution in [3.8, 4) is 0 Å². The standard InChI is InChI=1S/C34H69/c1-4-6-8-10-12-14-16-18-20-22-24-26-28-30-32-34(3)33-31-29-27-25-23-21-19-17-15-13-11-9-7-5-2/h4-33H2,1-3H3. The van der Waals surface area contributed by atoms with Crippen LogP contribution in [0.4, 0.5) is 0 Å². The van der Waals surface area contributed by atoms with Crippen LogP contribution >= 0.6 is 0 Å². The van der Waals surface area contributed by atoms with Crippen LogP contribution in [0.2, 0.25) is 0 Å². The molecule has 0 aromatic rings. The van der Waals surface area contributed by atoms with Crippen molar-refractivity contribution >= 4 is 0 Å². The molecule has 34 heavy (non-hydrogen) atoms. The Morgan fingerprint density at radius 1 is 0.265 bits per heavy atom. The first-order valence-corrected chi connectivity index (χ1v) is 16.6. The highest BCUT2D eigenvalue weighted by Gasteiger charge is 2.03. The molecule has 0 rings (SSSR count). The molecule has 0 heteroatoms. The minimum absolute atomic E-state index is 1.37. The largest absolute Gasteiger partial charge is 0.0654 e. The Bertz CT molecular complexity index is 301. The second kappa shape index (κ2) is 31.0. The summed E-state index contributed by atoms with van der Waals surface area (Å²) in [5.41, 5.74) is 0. The number of hydrogen-bond acceptors (Lipinski definition) is 0. The van der Waals surface area contributed by atoms with E-state index in [1.165, 1.54) is 193 Å². The van der Waals surface area contributed by atoms with Crippen molar-refractivity contribution in [1.82, 2.24) is 0 Å². The summed E-state index contributed by atoms with van der Waals surface area (Å²) in [6.07, 6.45) is 43.9. The van der Waals surface area contributed by atoms with Crippen LogP contribution in [-0.2, 0) is 0 Å². The van der Waals surface area contributed by atoms with E-state index >= 15 is 0 Å². The fraction of sp³-hybridized carbons (Fsp3) is 0.971. The lowest BCUT2D eigenvalue weighted by atomic mass is 9.95. The molecule has 0 saturated heterocycles. The molecule has 0 fully saturated rings. The van der Waals surface area contributed by atoms with Gasteiger partial charge in [0.25, 0.3) is 0 Å². The topological polar surface area (TPSA) is 0 Å². The third-order valence-electron chi connectivity index (χ3n) is 7.91. The van der Waals surface area contributed by atoms with E-state index in [0.29, 0.717) is 0 Å². The van der Waals surface area contributed by atoms with E-state index in [9.17, 15) is 0 Å². The van der Waals surface area contributed by atoms with Gasteiger partial charge in [-0.2, -0.15) is 0 Å². The van der Waals surface area contributed by atoms with Crippen molar-refractivity contribution in [2.24, 2.45) is 0 Å². The molecule has 0 aromatic heterocycles. The number of unbranched alkanes of at least 4 members (excludes halogenated alkanes) is 26. The summed E-state index contributed by atoms with van der Waals surface area (Å²) in [4.78, 5) is 0. The molecule has 0 aliphatic carbocycles. The van der Waals surface area contributed by atoms with Gasteiger partial charge in [0.15, 0.2) is 0 Å². The summed E-state index contributed by atoms with van der Waals surface area (Å²) >= 11 is 0. The average molecular weight is 478 g/mol. The first kappa shape index (κ1) is 34.0. The lowest BCUT2D eigenvalue weighted by Crippen LogP contribution is -1.93. The fourth-order valence-electron chi connectivity index (χ4n) is 5.37. The van der Waals surface area contributed by atoms with Gasteiger partial charge < -0.3 is 0 Å². The number of rotatable bonds is 30. The van der Waals surface area contributed by atoms with Gasteiger partial charge >= 0.3 is 0 Å². The van der Waals surface area contributed by atoms with Gasteiger partial charge in [0.05, 0.1) is 0 Å². The van der Waals surface area contributed by atoms with Crippen LogP contribution in [0.3, 0.4) is 0 Å². The Balaban J connectivity index is 3.13. The SMILES string of the molecule is CCCCCCCCCCCCCCCC[C](C)CCCCCCCCCCCCCCCC. The fourth-order valence-corrected chi connectivity index (χ4v) is 5.37. The van der Waals surface area contributed by atoms with Crippen molar-refractivity contribution in [2.45, 2.75) is 213 Å². The summed E-state index contributed by atoms with van der Waals surface area (Å²) in [6, 6.07) is 0. The van der Waals surface area contributed by atoms with E-state index in [1.807, 2.05) is 0 Å². The Kier molecular flexibility index (Phi) is 31.0. The van der Waals surface area contributed by atoms with E-state index in [2.05, 4.69) is 20.8 Å². The third kappa shape index (κ3) is 30.0. The van der Waals surface area contributed by atoms with Gasteiger partial charge in [-0.1, -0.05) is 201 Å². The Labute approximate surface area is 219 Å². The molecule has 1 radical (unpaired) electrons. The Morgan fingerprint density at radius 3 is 0.647 bits per heavy atom. The molecule has 0 N–H and O–H groups in total. The van der Waals surface area contributed by atoms with Crippen LogP contribution in [0.15, 0.2) is 0 Å². The molecule has 0 atom stereocenters. The predicted octanol–water partition coefficient (Wildman–Crippen LogP) is 13.3. The van der Waals surface area contributed by atoms with Crippen LogP contribution in [0.25, 0.3) is 0 Å². The van der Waals surface area contributed by atoms with Gasteiger partial charge in [0.2, 0.25) is 0 Å². The van der Waals surface area contributed by atoms with Gasteiger partial charge in [-0.05, 0) is 18.8 Å². The molecular weight excluding hydrogens is 408 g/mol. The van der Waals surface area contributed by atoms with Crippen molar-refractivity contribution in [2.75, 3.05) is 0 Å². The number of hydrogen-bond donors (Lipinski definition) is 0. The van der Waals surface area contributed by atoms with Crippen molar-refractivity contribution in [3.05, 3.63) is 5.92 Å². The summed E-state index contributed by atoms with van der Waals surface area (Å²) in [5, 5.41) is 0. The molecule has 205 valence electrons. The molecule has 0 saturated carbocycles. The van der Waals surface area contributed by atoms with E-state index in [1.54, 1.807) is 5.92 Å². The molecule has 0 aromatic carbocycles. The summed E-state index contributed by atoms with van der Waals surface area (Å²) in [5.74, 6) is 1.78. The summed E-state index contributed by atoms with van der Waals surface area (Å²) in [7, 11) is 0. The van der Waals surface area contributed by atoms with E-state index in [4.69, 9.17) is 0 Å². The maximum absolute atomic E-state index is 2.42. The Hall–Kier alpha value is 0. The summed E-state index contributed by atoms with van der Waals surface area (Å²) in [6.45, 7) is 7.03. The highest BCUT2D eigenvalue weighted by molar-refractivity contribution is 4.83. The average Bonchev–Trinajstić information content (AvgIpc) is 2.84. The highest BCUT2D eigenvalue weighted by atomic mass is 14.1. The minimum Gasteiger partial charge on any atom is -0.0654 e. The lowest BCUT2D eigenvalue weighted by Gasteiger charge is -2.10. The molecule has 0 bridgehead atoms. The van der Waals surface area contributed by atoms with E-state index < -0.39 is 0 Å². The quantitative estimate of drug-likeness (QED) is 0.0902. The van der Waals surface area contributed by atoms with Crippen molar-refractivity contribution in [1.29, 1.82) is 0 Å². The monoisotopic (exact) mass is 478 g/mol. The molecule has 0 heterocycles. The normalized spacial score (nSPS) is 11.6. The van der Waals surface area contributed by atoms with Gasteiger partial charge in [0, 0.05) is 0 Å². The van der Waals surface area contributed by atoms with Crippen LogP contribution in [-0.4, -0.2) is 0 Å². The molecule has 0 unspecified atom stereocenters.